The van der Waals surface area contributed by atoms with E-state index in [4.69, 9.17) is 37.6 Å². The molecule has 0 saturated heterocycles. The van der Waals surface area contributed by atoms with Crippen LogP contribution in [0.3, 0.4) is 0 Å². The summed E-state index contributed by atoms with van der Waals surface area (Å²) in [4.78, 5) is 4.62. The summed E-state index contributed by atoms with van der Waals surface area (Å²) in [5, 5.41) is 12.3. The van der Waals surface area contributed by atoms with Crippen LogP contribution in [0.2, 0.25) is 10.0 Å². The standard InChI is InChI=1S/C26H25Cl2N5O5S2/c27-19-8-6-18(7-9-19)25-24(17-4-2-1-3-5-17)16-33(31-25)26(30-21-14-22(15-21)38-40(29,36)37)32-39(34,35)23-12-10-20(28)11-13-23/h1-13,21-22,24H,14-16H2,(H,30,32)(H2,29,36,37)/t21?,22?,24-/m1/s1. The predicted octanol–water partition coefficient (Wildman–Crippen LogP) is 3.88. The molecule has 210 valence electrons. The number of hydrogen-bond acceptors (Lipinski definition) is 7. The van der Waals surface area contributed by atoms with Crippen LogP contribution in [0.1, 0.15) is 29.9 Å². The van der Waals surface area contributed by atoms with Gasteiger partial charge in [0.15, 0.2) is 0 Å². The third-order valence-corrected chi connectivity index (χ3v) is 8.88. The van der Waals surface area contributed by atoms with E-state index in [1.54, 1.807) is 12.1 Å². The molecule has 1 aliphatic heterocycles. The van der Waals surface area contributed by atoms with E-state index >= 15 is 0 Å². The second-order valence-electron chi connectivity index (χ2n) is 9.39. The second kappa shape index (κ2) is 11.5. The molecule has 2 aliphatic rings. The Bertz CT molecular complexity index is 1640. The molecule has 1 aliphatic carbocycles. The molecule has 3 N–H and O–H groups in total. The summed E-state index contributed by atoms with van der Waals surface area (Å²) in [6.45, 7) is 0.299. The monoisotopic (exact) mass is 621 g/mol. The Hall–Kier alpha value is -3.00. The minimum absolute atomic E-state index is 0.00102. The number of sulfonamides is 1. The molecule has 5 rings (SSSR count). The van der Waals surface area contributed by atoms with Gasteiger partial charge in [-0.1, -0.05) is 65.7 Å². The third-order valence-electron chi connectivity index (χ3n) is 6.50. The molecule has 0 amide bonds. The Morgan fingerprint density at radius 2 is 1.52 bits per heavy atom. The van der Waals surface area contributed by atoms with Gasteiger partial charge in [-0.25, -0.2) is 28.3 Å². The first-order valence-corrected chi connectivity index (χ1v) is 15.9. The zero-order valence-electron chi connectivity index (χ0n) is 20.9. The van der Waals surface area contributed by atoms with Crippen LogP contribution in [0.5, 0.6) is 0 Å². The lowest BCUT2D eigenvalue weighted by Crippen LogP contribution is -2.45. The topological polar surface area (TPSA) is 144 Å². The van der Waals surface area contributed by atoms with Crippen molar-refractivity contribution < 1.29 is 21.0 Å². The summed E-state index contributed by atoms with van der Waals surface area (Å²) in [5.74, 6) is -0.202. The fourth-order valence-electron chi connectivity index (χ4n) is 4.49. The zero-order valence-corrected chi connectivity index (χ0v) is 24.0. The highest BCUT2D eigenvalue weighted by Gasteiger charge is 2.37. The summed E-state index contributed by atoms with van der Waals surface area (Å²) >= 11 is 12.1. The van der Waals surface area contributed by atoms with Crippen LogP contribution in [0.15, 0.2) is 93.9 Å². The van der Waals surface area contributed by atoms with Gasteiger partial charge in [-0.2, -0.15) is 13.5 Å². The van der Waals surface area contributed by atoms with Gasteiger partial charge in [0.25, 0.3) is 10.0 Å². The van der Waals surface area contributed by atoms with Crippen molar-refractivity contribution in [2.45, 2.75) is 35.8 Å². The molecule has 3 aromatic carbocycles. The number of aliphatic imine (C=N–C) groups is 1. The van der Waals surface area contributed by atoms with Gasteiger partial charge in [-0.05, 0) is 60.4 Å². The maximum atomic E-state index is 13.3. The van der Waals surface area contributed by atoms with Gasteiger partial charge in [0.05, 0.1) is 29.3 Å². The molecule has 40 heavy (non-hydrogen) atoms. The van der Waals surface area contributed by atoms with Gasteiger partial charge in [0, 0.05) is 16.0 Å². The van der Waals surface area contributed by atoms with E-state index < -0.39 is 32.5 Å². The highest BCUT2D eigenvalue weighted by atomic mass is 35.5. The van der Waals surface area contributed by atoms with Gasteiger partial charge in [-0.3, -0.25) is 4.18 Å². The van der Waals surface area contributed by atoms with Gasteiger partial charge in [-0.15, -0.1) is 0 Å². The third kappa shape index (κ3) is 6.82. The van der Waals surface area contributed by atoms with Crippen molar-refractivity contribution >= 4 is 55.2 Å². The molecule has 10 nitrogen and oxygen atoms in total. The fourth-order valence-corrected chi connectivity index (χ4v) is 6.28. The van der Waals surface area contributed by atoms with Crippen molar-refractivity contribution in [1.82, 2.24) is 9.73 Å². The number of halogens is 2. The lowest BCUT2D eigenvalue weighted by Gasteiger charge is -2.32. The van der Waals surface area contributed by atoms with Gasteiger partial charge in [0.1, 0.15) is 0 Å². The quantitative estimate of drug-likeness (QED) is 0.303. The summed E-state index contributed by atoms with van der Waals surface area (Å²) in [6.07, 6.45) is -0.153. The molecule has 1 heterocycles. The molecule has 0 aromatic heterocycles. The molecule has 0 bridgehead atoms. The number of guanidine groups is 1. The molecule has 3 aromatic rings. The van der Waals surface area contributed by atoms with E-state index in [-0.39, 0.29) is 29.6 Å². The molecule has 1 atom stereocenters. The van der Waals surface area contributed by atoms with E-state index in [1.807, 2.05) is 42.5 Å². The zero-order chi connectivity index (χ0) is 28.5. The van der Waals surface area contributed by atoms with Crippen molar-refractivity contribution in [3.8, 4) is 0 Å². The lowest BCUT2D eigenvalue weighted by molar-refractivity contribution is 0.108. The Balaban J connectivity index is 1.50. The van der Waals surface area contributed by atoms with E-state index in [2.05, 4.69) is 9.71 Å². The largest absolute Gasteiger partial charge is 0.333 e. The Morgan fingerprint density at radius 1 is 0.925 bits per heavy atom. The maximum absolute atomic E-state index is 13.3. The van der Waals surface area contributed by atoms with Crippen LogP contribution < -0.4 is 9.86 Å². The van der Waals surface area contributed by atoms with Crippen LogP contribution >= 0.6 is 23.2 Å². The highest BCUT2D eigenvalue weighted by molar-refractivity contribution is 7.90. The van der Waals surface area contributed by atoms with Crippen LogP contribution in [-0.2, 0) is 24.5 Å². The van der Waals surface area contributed by atoms with Crippen molar-refractivity contribution in [2.75, 3.05) is 6.54 Å². The average molecular weight is 623 g/mol. The predicted molar refractivity (Wildman–Crippen MR) is 154 cm³/mol. The van der Waals surface area contributed by atoms with Crippen molar-refractivity contribution in [3.63, 3.8) is 0 Å². The smallest absolute Gasteiger partial charge is 0.255 e. The number of hydrogen-bond donors (Lipinski definition) is 2. The van der Waals surface area contributed by atoms with Crippen molar-refractivity contribution in [3.05, 3.63) is 100 Å². The number of hydrazone groups is 1. The molecule has 1 saturated carbocycles. The highest BCUT2D eigenvalue weighted by Crippen LogP contribution is 2.32. The summed E-state index contributed by atoms with van der Waals surface area (Å²) in [6, 6.07) is 22.3. The Labute approximate surface area is 242 Å². The molecular weight excluding hydrogens is 597 g/mol. The molecular formula is C26H25Cl2N5O5S2. The van der Waals surface area contributed by atoms with Crippen molar-refractivity contribution in [2.24, 2.45) is 15.2 Å². The van der Waals surface area contributed by atoms with Crippen LogP contribution in [0.25, 0.3) is 0 Å². The molecule has 0 spiro atoms. The average Bonchev–Trinajstić information content (AvgIpc) is 3.33. The number of nitrogens with zero attached hydrogens (tertiary/aromatic N) is 3. The normalized spacial score (nSPS) is 21.6. The number of benzene rings is 3. The number of nitrogens with two attached hydrogens (primary N) is 1. The first kappa shape index (κ1) is 28.5. The van der Waals surface area contributed by atoms with E-state index in [0.29, 0.717) is 22.3 Å². The van der Waals surface area contributed by atoms with Crippen molar-refractivity contribution in [1.29, 1.82) is 0 Å². The van der Waals surface area contributed by atoms with Gasteiger partial charge < -0.3 is 0 Å². The Morgan fingerprint density at radius 3 is 2.12 bits per heavy atom. The summed E-state index contributed by atoms with van der Waals surface area (Å²) in [5.41, 5.74) is 2.53. The fraction of sp³-hybridized carbons (Fsp3) is 0.231. The van der Waals surface area contributed by atoms with Crippen LogP contribution in [0.4, 0.5) is 0 Å². The van der Waals surface area contributed by atoms with Gasteiger partial charge in [0.2, 0.25) is 5.96 Å². The molecule has 1 fully saturated rings. The maximum Gasteiger partial charge on any atom is 0.333 e. The first-order chi connectivity index (χ1) is 19.0. The van der Waals surface area contributed by atoms with Gasteiger partial charge >= 0.3 is 10.3 Å². The minimum atomic E-state index is -4.11. The van der Waals surface area contributed by atoms with E-state index in [0.717, 1.165) is 11.1 Å². The van der Waals surface area contributed by atoms with E-state index in [9.17, 15) is 16.8 Å². The van der Waals surface area contributed by atoms with Crippen LogP contribution in [-0.4, -0.2) is 52.2 Å². The number of nitrogens with one attached hydrogen (secondary N) is 1. The molecule has 0 unspecified atom stereocenters. The minimum Gasteiger partial charge on any atom is -0.255 e. The Kier molecular flexibility index (Phi) is 8.18. The van der Waals surface area contributed by atoms with E-state index in [1.165, 1.54) is 29.3 Å². The summed E-state index contributed by atoms with van der Waals surface area (Å²) in [7, 11) is -8.18. The summed E-state index contributed by atoms with van der Waals surface area (Å²) < 4.78 is 56.7. The first-order valence-electron chi connectivity index (χ1n) is 12.2. The number of rotatable bonds is 7. The molecule has 0 radical (unpaired) electrons. The van der Waals surface area contributed by atoms with Crippen LogP contribution in [0, 0.1) is 0 Å². The molecule has 14 heteroatoms. The second-order valence-corrected chi connectivity index (χ2v) is 13.1. The SMILES string of the molecule is NS(=O)(=O)OC1CC(N=C(NS(=O)(=O)c2ccc(Cl)cc2)N2C[C@H](c3ccccc3)C(c3ccc(Cl)cc3)=N2)C1. The lowest BCUT2D eigenvalue weighted by atomic mass is 9.90.